The molecule has 1 N–H and O–H groups in total. The van der Waals surface area contributed by atoms with Crippen LogP contribution in [-0.4, -0.2) is 31.4 Å². The van der Waals surface area contributed by atoms with Crippen LogP contribution in [-0.2, 0) is 9.47 Å². The SMILES string of the molecule is COC(=O)c1ccc(C(O)C2CCOCC2)o1. The maximum absolute atomic E-state index is 11.2. The van der Waals surface area contributed by atoms with Gasteiger partial charge in [0.2, 0.25) is 5.76 Å². The minimum atomic E-state index is -0.683. The van der Waals surface area contributed by atoms with Gasteiger partial charge >= 0.3 is 5.97 Å². The summed E-state index contributed by atoms with van der Waals surface area (Å²) in [5.74, 6) is 0.127. The van der Waals surface area contributed by atoms with E-state index in [0.29, 0.717) is 19.0 Å². The fourth-order valence-corrected chi connectivity index (χ4v) is 1.99. The Balaban J connectivity index is 2.05. The fourth-order valence-electron chi connectivity index (χ4n) is 1.99. The van der Waals surface area contributed by atoms with Gasteiger partial charge in [-0.2, -0.15) is 0 Å². The number of hydrogen-bond acceptors (Lipinski definition) is 5. The molecule has 0 aliphatic carbocycles. The van der Waals surface area contributed by atoms with Gasteiger partial charge in [0.05, 0.1) is 7.11 Å². The fraction of sp³-hybridized carbons (Fsp3) is 0.583. The van der Waals surface area contributed by atoms with E-state index in [1.165, 1.54) is 13.2 Å². The Hall–Kier alpha value is -1.33. The van der Waals surface area contributed by atoms with Crippen molar-refractivity contribution in [2.24, 2.45) is 5.92 Å². The number of aliphatic hydroxyl groups excluding tert-OH is 1. The molecular formula is C12H16O5. The number of methoxy groups -OCH3 is 1. The quantitative estimate of drug-likeness (QED) is 0.811. The molecule has 5 heteroatoms. The summed E-state index contributed by atoms with van der Waals surface area (Å²) in [5.41, 5.74) is 0. The Bertz CT molecular complexity index is 378. The average molecular weight is 240 g/mol. The molecule has 0 bridgehead atoms. The number of carbonyl (C=O) groups is 1. The van der Waals surface area contributed by atoms with Crippen LogP contribution < -0.4 is 0 Å². The van der Waals surface area contributed by atoms with Crippen LogP contribution >= 0.6 is 0 Å². The van der Waals surface area contributed by atoms with Crippen LogP contribution in [0.2, 0.25) is 0 Å². The summed E-state index contributed by atoms with van der Waals surface area (Å²) >= 11 is 0. The number of hydrogen-bond donors (Lipinski definition) is 1. The van der Waals surface area contributed by atoms with Gasteiger partial charge in [0.15, 0.2) is 0 Å². The van der Waals surface area contributed by atoms with Gasteiger partial charge in [0.25, 0.3) is 0 Å². The van der Waals surface area contributed by atoms with Crippen molar-refractivity contribution in [3.05, 3.63) is 23.7 Å². The van der Waals surface area contributed by atoms with Crippen LogP contribution in [0.4, 0.5) is 0 Å². The molecule has 0 aromatic carbocycles. The number of carbonyl (C=O) groups excluding carboxylic acids is 1. The molecule has 1 saturated heterocycles. The highest BCUT2D eigenvalue weighted by Crippen LogP contribution is 2.30. The molecule has 0 amide bonds. The van der Waals surface area contributed by atoms with Crippen molar-refractivity contribution in [3.63, 3.8) is 0 Å². The van der Waals surface area contributed by atoms with Crippen molar-refractivity contribution < 1.29 is 23.8 Å². The molecular weight excluding hydrogens is 224 g/mol. The molecule has 2 heterocycles. The van der Waals surface area contributed by atoms with Gasteiger partial charge < -0.3 is 19.0 Å². The van der Waals surface area contributed by atoms with Gasteiger partial charge in [-0.05, 0) is 30.9 Å². The van der Waals surface area contributed by atoms with Gasteiger partial charge in [-0.3, -0.25) is 0 Å². The minimum absolute atomic E-state index is 0.119. The first kappa shape index (κ1) is 12.1. The van der Waals surface area contributed by atoms with Crippen LogP contribution in [0.25, 0.3) is 0 Å². The van der Waals surface area contributed by atoms with Crippen molar-refractivity contribution in [2.75, 3.05) is 20.3 Å². The average Bonchev–Trinajstić information content (AvgIpc) is 2.87. The first-order valence-electron chi connectivity index (χ1n) is 5.66. The molecule has 1 fully saturated rings. The van der Waals surface area contributed by atoms with Crippen molar-refractivity contribution >= 4 is 5.97 Å². The Morgan fingerprint density at radius 2 is 2.18 bits per heavy atom. The molecule has 0 radical (unpaired) electrons. The lowest BCUT2D eigenvalue weighted by Crippen LogP contribution is -2.21. The van der Waals surface area contributed by atoms with Gasteiger partial charge in [-0.25, -0.2) is 4.79 Å². The second-order valence-corrected chi connectivity index (χ2v) is 4.09. The lowest BCUT2D eigenvalue weighted by Gasteiger charge is -2.25. The minimum Gasteiger partial charge on any atom is -0.463 e. The van der Waals surface area contributed by atoms with E-state index in [2.05, 4.69) is 4.74 Å². The highest BCUT2D eigenvalue weighted by Gasteiger charge is 2.26. The standard InChI is InChI=1S/C12H16O5/c1-15-12(14)10-3-2-9(17-10)11(13)8-4-6-16-7-5-8/h2-3,8,11,13H,4-7H2,1H3. The molecule has 5 nitrogen and oxygen atoms in total. The summed E-state index contributed by atoms with van der Waals surface area (Å²) in [4.78, 5) is 11.2. The molecule has 0 spiro atoms. The van der Waals surface area contributed by atoms with Crippen molar-refractivity contribution in [1.82, 2.24) is 0 Å². The van der Waals surface area contributed by atoms with Crippen LogP contribution in [0.3, 0.4) is 0 Å². The number of esters is 1. The molecule has 94 valence electrons. The normalized spacial score (nSPS) is 18.9. The van der Waals surface area contributed by atoms with E-state index in [1.807, 2.05) is 0 Å². The van der Waals surface area contributed by atoms with Crippen LogP contribution in [0.15, 0.2) is 16.5 Å². The van der Waals surface area contributed by atoms with E-state index in [4.69, 9.17) is 9.15 Å². The van der Waals surface area contributed by atoms with Crippen molar-refractivity contribution in [3.8, 4) is 0 Å². The largest absolute Gasteiger partial charge is 0.463 e. The van der Waals surface area contributed by atoms with Gasteiger partial charge in [0, 0.05) is 13.2 Å². The van der Waals surface area contributed by atoms with Crippen molar-refractivity contribution in [2.45, 2.75) is 18.9 Å². The summed E-state index contributed by atoms with van der Waals surface area (Å²) in [7, 11) is 1.29. The molecule has 0 saturated carbocycles. The highest BCUT2D eigenvalue weighted by atomic mass is 16.5. The van der Waals surface area contributed by atoms with Crippen LogP contribution in [0.1, 0.15) is 35.3 Å². The molecule has 1 aliphatic rings. The predicted octanol–water partition coefficient (Wildman–Crippen LogP) is 1.53. The number of aliphatic hydroxyl groups is 1. The molecule has 2 rings (SSSR count). The molecule has 1 atom stereocenters. The van der Waals surface area contributed by atoms with E-state index < -0.39 is 12.1 Å². The highest BCUT2D eigenvalue weighted by molar-refractivity contribution is 5.86. The third-order valence-corrected chi connectivity index (χ3v) is 3.02. The van der Waals surface area contributed by atoms with Gasteiger partial charge in [-0.1, -0.05) is 0 Å². The topological polar surface area (TPSA) is 68.9 Å². The summed E-state index contributed by atoms with van der Waals surface area (Å²) in [6, 6.07) is 3.14. The Labute approximate surface area is 99.3 Å². The van der Waals surface area contributed by atoms with Crippen LogP contribution in [0, 0.1) is 5.92 Å². The summed E-state index contributed by atoms with van der Waals surface area (Å²) in [6.07, 6.45) is 0.919. The Morgan fingerprint density at radius 1 is 1.47 bits per heavy atom. The zero-order valence-corrected chi connectivity index (χ0v) is 9.72. The second-order valence-electron chi connectivity index (χ2n) is 4.09. The zero-order valence-electron chi connectivity index (χ0n) is 9.72. The van der Waals surface area contributed by atoms with E-state index in [1.54, 1.807) is 6.07 Å². The lowest BCUT2D eigenvalue weighted by molar-refractivity contribution is -0.00178. The predicted molar refractivity (Wildman–Crippen MR) is 58.6 cm³/mol. The number of furan rings is 1. The maximum Gasteiger partial charge on any atom is 0.373 e. The Kier molecular flexibility index (Phi) is 3.81. The van der Waals surface area contributed by atoms with E-state index >= 15 is 0 Å². The summed E-state index contributed by atoms with van der Waals surface area (Å²) < 4.78 is 15.1. The molecule has 1 aliphatic heterocycles. The maximum atomic E-state index is 11.2. The third kappa shape index (κ3) is 2.68. The summed E-state index contributed by atoms with van der Waals surface area (Å²) in [6.45, 7) is 1.32. The third-order valence-electron chi connectivity index (χ3n) is 3.02. The first-order valence-corrected chi connectivity index (χ1v) is 5.66. The van der Waals surface area contributed by atoms with E-state index in [0.717, 1.165) is 12.8 Å². The number of rotatable bonds is 3. The van der Waals surface area contributed by atoms with E-state index in [-0.39, 0.29) is 11.7 Å². The van der Waals surface area contributed by atoms with Crippen LogP contribution in [0.5, 0.6) is 0 Å². The molecule has 1 aromatic heterocycles. The monoisotopic (exact) mass is 240 g/mol. The first-order chi connectivity index (χ1) is 8.22. The van der Waals surface area contributed by atoms with E-state index in [9.17, 15) is 9.90 Å². The van der Waals surface area contributed by atoms with Gasteiger partial charge in [0.1, 0.15) is 11.9 Å². The Morgan fingerprint density at radius 3 is 2.82 bits per heavy atom. The lowest BCUT2D eigenvalue weighted by atomic mass is 9.92. The molecule has 17 heavy (non-hydrogen) atoms. The van der Waals surface area contributed by atoms with Crippen molar-refractivity contribution in [1.29, 1.82) is 0 Å². The summed E-state index contributed by atoms with van der Waals surface area (Å²) in [5, 5.41) is 10.1. The van der Waals surface area contributed by atoms with Gasteiger partial charge in [-0.15, -0.1) is 0 Å². The zero-order chi connectivity index (χ0) is 12.3. The second kappa shape index (κ2) is 5.33. The molecule has 1 aromatic rings. The molecule has 1 unspecified atom stereocenters. The number of ether oxygens (including phenoxy) is 2. The smallest absolute Gasteiger partial charge is 0.373 e.